The Morgan fingerprint density at radius 3 is 2.55 bits per heavy atom. The van der Waals surface area contributed by atoms with Gasteiger partial charge in [-0.2, -0.15) is 0 Å². The van der Waals surface area contributed by atoms with E-state index in [1.165, 1.54) is 12.3 Å². The van der Waals surface area contributed by atoms with E-state index in [9.17, 15) is 13.2 Å². The molecule has 0 saturated heterocycles. The van der Waals surface area contributed by atoms with E-state index in [0.717, 1.165) is 11.3 Å². The largest absolute Gasteiger partial charge is 0.460 e. The van der Waals surface area contributed by atoms with Crippen LogP contribution in [-0.2, 0) is 19.5 Å². The molecule has 0 aliphatic heterocycles. The van der Waals surface area contributed by atoms with Gasteiger partial charge in [0.25, 0.3) is 0 Å². The number of hydrogen-bond donors (Lipinski definition) is 1. The first-order valence-corrected chi connectivity index (χ1v) is 8.51. The van der Waals surface area contributed by atoms with Gasteiger partial charge in [0.2, 0.25) is 10.0 Å². The van der Waals surface area contributed by atoms with Crippen molar-refractivity contribution in [1.29, 1.82) is 0 Å². The lowest BCUT2D eigenvalue weighted by atomic mass is 10.2. The van der Waals surface area contributed by atoms with Crippen LogP contribution >= 0.6 is 11.3 Å². The maximum absolute atomic E-state index is 11.8. The number of carbonyl (C=O) groups excluding carboxylic acids is 1. The molecule has 20 heavy (non-hydrogen) atoms. The molecule has 1 heterocycles. The highest BCUT2D eigenvalue weighted by molar-refractivity contribution is 7.91. The van der Waals surface area contributed by atoms with Gasteiger partial charge in [-0.25, -0.2) is 18.4 Å². The molecule has 1 rings (SSSR count). The molecule has 0 bridgehead atoms. The van der Waals surface area contributed by atoms with Gasteiger partial charge in [-0.3, -0.25) is 0 Å². The van der Waals surface area contributed by atoms with Crippen LogP contribution in [0.1, 0.15) is 29.8 Å². The highest BCUT2D eigenvalue weighted by atomic mass is 32.2. The third-order valence-electron chi connectivity index (χ3n) is 2.38. The molecule has 0 spiro atoms. The lowest BCUT2D eigenvalue weighted by molar-refractivity contribution is 0.0277. The molecule has 0 saturated carbocycles. The van der Waals surface area contributed by atoms with E-state index >= 15 is 0 Å². The van der Waals surface area contributed by atoms with E-state index in [2.05, 4.69) is 0 Å². The van der Waals surface area contributed by atoms with E-state index in [4.69, 9.17) is 14.6 Å². The molecule has 0 aliphatic carbocycles. The number of rotatable bonds is 7. The quantitative estimate of drug-likeness (QED) is 0.607. The number of thiophene rings is 1. The third-order valence-corrected chi connectivity index (χ3v) is 5.07. The van der Waals surface area contributed by atoms with Crippen molar-refractivity contribution in [2.75, 3.05) is 19.8 Å². The number of nitrogens with two attached hydrogens (primary N) is 1. The topological polar surface area (TPSA) is 95.7 Å². The second kappa shape index (κ2) is 7.16. The van der Waals surface area contributed by atoms with Crippen molar-refractivity contribution in [2.24, 2.45) is 11.1 Å². The molecular formula is C12H19NO5S2. The van der Waals surface area contributed by atoms with E-state index in [1.54, 1.807) is 0 Å². The monoisotopic (exact) mass is 321 g/mol. The van der Waals surface area contributed by atoms with Crippen molar-refractivity contribution in [3.8, 4) is 0 Å². The maximum atomic E-state index is 11.8. The molecule has 6 nitrogen and oxygen atoms in total. The fourth-order valence-electron chi connectivity index (χ4n) is 1.47. The van der Waals surface area contributed by atoms with Crippen LogP contribution in [-0.4, -0.2) is 34.2 Å². The summed E-state index contributed by atoms with van der Waals surface area (Å²) in [5, 5.41) is 6.49. The molecule has 0 unspecified atom stereocenters. The third kappa shape index (κ3) is 4.86. The molecule has 1 aromatic heterocycles. The second-order valence-corrected chi connectivity index (χ2v) is 7.35. The van der Waals surface area contributed by atoms with Crippen LogP contribution in [0, 0.1) is 12.8 Å². The van der Waals surface area contributed by atoms with Gasteiger partial charge in [0.15, 0.2) is 0 Å². The van der Waals surface area contributed by atoms with Gasteiger partial charge < -0.3 is 9.47 Å². The summed E-state index contributed by atoms with van der Waals surface area (Å²) >= 11 is 0.914. The molecule has 0 radical (unpaired) electrons. The average molecular weight is 321 g/mol. The summed E-state index contributed by atoms with van der Waals surface area (Å²) in [7, 11) is -3.80. The number of carbonyl (C=O) groups is 1. The lowest BCUT2D eigenvalue weighted by Crippen LogP contribution is -2.14. The molecule has 114 valence electrons. The average Bonchev–Trinajstić information content (AvgIpc) is 2.69. The van der Waals surface area contributed by atoms with Crippen LogP contribution in [0.3, 0.4) is 0 Å². The van der Waals surface area contributed by atoms with Crippen LogP contribution in [0.25, 0.3) is 0 Å². The van der Waals surface area contributed by atoms with Crippen molar-refractivity contribution >= 4 is 27.3 Å². The summed E-state index contributed by atoms with van der Waals surface area (Å²) in [6.45, 7) is 6.62. The molecule has 0 aromatic carbocycles. The summed E-state index contributed by atoms with van der Waals surface area (Å²) in [5.41, 5.74) is 0.550. The highest BCUT2D eigenvalue weighted by Gasteiger charge is 2.21. The minimum absolute atomic E-state index is 0.0134. The first-order valence-electron chi connectivity index (χ1n) is 6.09. The molecular weight excluding hydrogens is 302 g/mol. The lowest BCUT2D eigenvalue weighted by Gasteiger charge is -2.07. The summed E-state index contributed by atoms with van der Waals surface area (Å²) in [4.78, 5) is 11.8. The van der Waals surface area contributed by atoms with Crippen molar-refractivity contribution in [3.63, 3.8) is 0 Å². The summed E-state index contributed by atoms with van der Waals surface area (Å²) in [5.74, 6) is -0.149. The Kier molecular flexibility index (Phi) is 6.12. The second-order valence-electron chi connectivity index (χ2n) is 4.71. The van der Waals surface area contributed by atoms with Crippen LogP contribution in [0.2, 0.25) is 0 Å². The predicted molar refractivity (Wildman–Crippen MR) is 76.4 cm³/mol. The van der Waals surface area contributed by atoms with Crippen molar-refractivity contribution in [1.82, 2.24) is 0 Å². The minimum Gasteiger partial charge on any atom is -0.460 e. The van der Waals surface area contributed by atoms with E-state index in [0.29, 0.717) is 24.7 Å². The van der Waals surface area contributed by atoms with Crippen LogP contribution < -0.4 is 5.14 Å². The molecule has 1 aromatic rings. The van der Waals surface area contributed by atoms with Crippen LogP contribution in [0.4, 0.5) is 0 Å². The Morgan fingerprint density at radius 2 is 2.05 bits per heavy atom. The zero-order chi connectivity index (χ0) is 15.3. The van der Waals surface area contributed by atoms with Crippen molar-refractivity contribution in [2.45, 2.75) is 25.0 Å². The smallest absolute Gasteiger partial charge is 0.339 e. The molecule has 0 fully saturated rings. The number of ether oxygens (including phenoxy) is 2. The first-order chi connectivity index (χ1) is 9.23. The number of primary sulfonamides is 1. The SMILES string of the molecule is Cc1c(C(=O)OCCOCC(C)C)csc1S(N)(=O)=O. The van der Waals surface area contributed by atoms with Crippen molar-refractivity contribution < 1.29 is 22.7 Å². The van der Waals surface area contributed by atoms with Crippen LogP contribution in [0.15, 0.2) is 9.59 Å². The van der Waals surface area contributed by atoms with Gasteiger partial charge in [0.05, 0.1) is 12.2 Å². The van der Waals surface area contributed by atoms with E-state index in [-0.39, 0.29) is 16.4 Å². The van der Waals surface area contributed by atoms with Gasteiger partial charge in [-0.05, 0) is 18.4 Å². The Labute approximate surface area is 122 Å². The number of esters is 1. The highest BCUT2D eigenvalue weighted by Crippen LogP contribution is 2.25. The normalized spacial score (nSPS) is 11.8. The minimum atomic E-state index is -3.80. The standard InChI is InChI=1S/C12H19NO5S2/c1-8(2)6-17-4-5-18-11(14)10-7-19-12(9(10)3)20(13,15)16/h7-8H,4-6H2,1-3H3,(H2,13,15,16). The van der Waals surface area contributed by atoms with Gasteiger partial charge in [-0.1, -0.05) is 13.8 Å². The Balaban J connectivity index is 2.55. The predicted octanol–water partition coefficient (Wildman–Crippen LogP) is 1.53. The van der Waals surface area contributed by atoms with Crippen LogP contribution in [0.5, 0.6) is 0 Å². The van der Waals surface area contributed by atoms with E-state index < -0.39 is 16.0 Å². The molecule has 0 aliphatic rings. The molecule has 2 N–H and O–H groups in total. The fourth-order valence-corrected chi connectivity index (χ4v) is 3.47. The Morgan fingerprint density at radius 1 is 1.40 bits per heavy atom. The molecule has 0 atom stereocenters. The zero-order valence-electron chi connectivity index (χ0n) is 11.7. The zero-order valence-corrected chi connectivity index (χ0v) is 13.3. The molecule has 8 heteroatoms. The van der Waals surface area contributed by atoms with E-state index in [1.807, 2.05) is 13.8 Å². The summed E-state index contributed by atoms with van der Waals surface area (Å²) in [6, 6.07) is 0. The number of sulfonamides is 1. The molecule has 0 amide bonds. The summed E-state index contributed by atoms with van der Waals surface area (Å²) < 4.78 is 32.8. The fraction of sp³-hybridized carbons (Fsp3) is 0.583. The summed E-state index contributed by atoms with van der Waals surface area (Å²) in [6.07, 6.45) is 0. The van der Waals surface area contributed by atoms with Gasteiger partial charge in [0.1, 0.15) is 10.8 Å². The number of hydrogen-bond acceptors (Lipinski definition) is 6. The Hall–Kier alpha value is -0.960. The van der Waals surface area contributed by atoms with Gasteiger partial charge in [0, 0.05) is 12.0 Å². The van der Waals surface area contributed by atoms with Crippen molar-refractivity contribution in [3.05, 3.63) is 16.5 Å². The first kappa shape index (κ1) is 17.1. The van der Waals surface area contributed by atoms with Gasteiger partial charge in [-0.15, -0.1) is 11.3 Å². The maximum Gasteiger partial charge on any atom is 0.339 e. The van der Waals surface area contributed by atoms with Gasteiger partial charge >= 0.3 is 5.97 Å². The Bertz CT molecular complexity index is 562.